The van der Waals surface area contributed by atoms with E-state index in [1.165, 1.54) is 17.4 Å². The fourth-order valence-corrected chi connectivity index (χ4v) is 3.86. The molecule has 6 heteroatoms. The van der Waals surface area contributed by atoms with Crippen molar-refractivity contribution in [2.24, 2.45) is 0 Å². The average Bonchev–Trinajstić information content (AvgIpc) is 2.90. The third-order valence-corrected chi connectivity index (χ3v) is 5.33. The van der Waals surface area contributed by atoms with Crippen molar-refractivity contribution in [2.75, 3.05) is 0 Å². The molecule has 0 atom stereocenters. The topological polar surface area (TPSA) is 30.0 Å². The monoisotopic (exact) mass is 377 g/mol. The van der Waals surface area contributed by atoms with Crippen molar-refractivity contribution in [2.45, 2.75) is 20.3 Å². The summed E-state index contributed by atoms with van der Waals surface area (Å²) in [7, 11) is 0. The van der Waals surface area contributed by atoms with Gasteiger partial charge in [-0.15, -0.1) is 11.3 Å². The first-order valence-electron chi connectivity index (χ1n) is 7.57. The predicted octanol–water partition coefficient (Wildman–Crippen LogP) is 5.78. The number of ketones is 1. The van der Waals surface area contributed by atoms with Crippen LogP contribution in [0.2, 0.25) is 5.02 Å². The van der Waals surface area contributed by atoms with Crippen LogP contribution in [0.15, 0.2) is 36.4 Å². The second kappa shape index (κ2) is 7.02. The maximum atomic E-state index is 13.8. The number of thiazole rings is 1. The van der Waals surface area contributed by atoms with Crippen LogP contribution >= 0.6 is 22.9 Å². The quantitative estimate of drug-likeness (QED) is 0.539. The average molecular weight is 378 g/mol. The van der Waals surface area contributed by atoms with E-state index in [9.17, 15) is 13.6 Å². The molecule has 2 aromatic carbocycles. The van der Waals surface area contributed by atoms with Gasteiger partial charge in [0.25, 0.3) is 0 Å². The first-order chi connectivity index (χ1) is 11.9. The molecule has 25 heavy (non-hydrogen) atoms. The molecule has 1 aromatic heterocycles. The highest BCUT2D eigenvalue weighted by atomic mass is 35.5. The van der Waals surface area contributed by atoms with Crippen LogP contribution in [0.5, 0.6) is 0 Å². The van der Waals surface area contributed by atoms with Crippen LogP contribution in [0, 0.1) is 25.5 Å². The van der Waals surface area contributed by atoms with E-state index >= 15 is 0 Å². The normalized spacial score (nSPS) is 10.9. The Kier molecular flexibility index (Phi) is 4.97. The van der Waals surface area contributed by atoms with Crippen LogP contribution in [-0.2, 0) is 6.42 Å². The van der Waals surface area contributed by atoms with Crippen molar-refractivity contribution < 1.29 is 13.6 Å². The van der Waals surface area contributed by atoms with Gasteiger partial charge in [0.05, 0.1) is 16.3 Å². The van der Waals surface area contributed by atoms with Crippen molar-refractivity contribution in [1.82, 2.24) is 4.98 Å². The minimum atomic E-state index is -0.853. The molecule has 0 saturated carbocycles. The van der Waals surface area contributed by atoms with Crippen LogP contribution in [0.25, 0.3) is 10.6 Å². The number of rotatable bonds is 4. The summed E-state index contributed by atoms with van der Waals surface area (Å²) < 4.78 is 27.6. The van der Waals surface area contributed by atoms with E-state index < -0.39 is 23.0 Å². The van der Waals surface area contributed by atoms with Gasteiger partial charge in [-0.2, -0.15) is 0 Å². The first kappa shape index (κ1) is 17.7. The lowest BCUT2D eigenvalue weighted by atomic mass is 10.1. The highest BCUT2D eigenvalue weighted by Gasteiger charge is 2.20. The van der Waals surface area contributed by atoms with E-state index in [4.69, 9.17) is 11.6 Å². The summed E-state index contributed by atoms with van der Waals surface area (Å²) in [6, 6.07) is 9.00. The number of carbonyl (C=O) groups is 1. The molecule has 3 aromatic rings. The molecule has 0 unspecified atom stereocenters. The van der Waals surface area contributed by atoms with Gasteiger partial charge in [0.2, 0.25) is 0 Å². The number of carbonyl (C=O) groups excluding carboxylic acids is 1. The van der Waals surface area contributed by atoms with Crippen molar-refractivity contribution >= 4 is 28.7 Å². The third-order valence-electron chi connectivity index (χ3n) is 3.81. The Labute approximate surface area is 153 Å². The second-order valence-corrected chi connectivity index (χ2v) is 7.20. The number of Topliss-reactive ketones (excluding diaryl/α,β-unsaturated/α-hetero) is 1. The number of hydrogen-bond donors (Lipinski definition) is 0. The molecule has 128 valence electrons. The van der Waals surface area contributed by atoms with E-state index in [1.807, 2.05) is 19.1 Å². The van der Waals surface area contributed by atoms with Gasteiger partial charge in [0.1, 0.15) is 16.6 Å². The fourth-order valence-electron chi connectivity index (χ4n) is 2.51. The number of nitrogens with zero attached hydrogens (tertiary/aromatic N) is 1. The molecule has 0 bridgehead atoms. The van der Waals surface area contributed by atoms with Gasteiger partial charge in [-0.05, 0) is 38.1 Å². The van der Waals surface area contributed by atoms with Gasteiger partial charge in [0.15, 0.2) is 5.78 Å². The summed E-state index contributed by atoms with van der Waals surface area (Å²) in [5.41, 5.74) is 1.97. The van der Waals surface area contributed by atoms with E-state index in [2.05, 4.69) is 4.98 Å². The molecule has 2 nitrogen and oxygen atoms in total. The number of aromatic nitrogens is 1. The van der Waals surface area contributed by atoms with E-state index in [-0.39, 0.29) is 6.42 Å². The molecule has 0 aliphatic carbocycles. The van der Waals surface area contributed by atoms with Gasteiger partial charge < -0.3 is 0 Å². The molecule has 0 N–H and O–H groups in total. The van der Waals surface area contributed by atoms with Crippen LogP contribution in [0.3, 0.4) is 0 Å². The molecule has 0 radical (unpaired) electrons. The van der Waals surface area contributed by atoms with Crippen molar-refractivity contribution in [1.29, 1.82) is 0 Å². The maximum Gasteiger partial charge on any atom is 0.174 e. The first-order valence-corrected chi connectivity index (χ1v) is 8.76. The molecular formula is C19H14ClF2NOS. The molecule has 0 aliphatic rings. The minimum absolute atomic E-state index is 0.106. The molecule has 0 spiro atoms. The molecule has 0 saturated heterocycles. The van der Waals surface area contributed by atoms with Crippen LogP contribution in [-0.4, -0.2) is 10.8 Å². The maximum absolute atomic E-state index is 13.8. The van der Waals surface area contributed by atoms with E-state index in [0.717, 1.165) is 23.3 Å². The lowest BCUT2D eigenvalue weighted by Gasteiger charge is -2.03. The minimum Gasteiger partial charge on any atom is -0.294 e. The van der Waals surface area contributed by atoms with Gasteiger partial charge in [-0.25, -0.2) is 13.8 Å². The van der Waals surface area contributed by atoms with Gasteiger partial charge in [-0.1, -0.05) is 29.3 Å². The smallest absolute Gasteiger partial charge is 0.174 e. The fraction of sp³-hybridized carbons (Fsp3) is 0.158. The Hall–Kier alpha value is -2.11. The van der Waals surface area contributed by atoms with E-state index in [1.54, 1.807) is 13.0 Å². The lowest BCUT2D eigenvalue weighted by Crippen LogP contribution is -2.08. The summed E-state index contributed by atoms with van der Waals surface area (Å²) in [5, 5.41) is 1.25. The lowest BCUT2D eigenvalue weighted by molar-refractivity contribution is 0.0985. The number of hydrogen-bond acceptors (Lipinski definition) is 3. The van der Waals surface area contributed by atoms with Gasteiger partial charge in [0, 0.05) is 16.9 Å². The third kappa shape index (κ3) is 3.62. The van der Waals surface area contributed by atoms with Crippen molar-refractivity contribution in [3.63, 3.8) is 0 Å². The van der Waals surface area contributed by atoms with Crippen molar-refractivity contribution in [3.05, 3.63) is 74.8 Å². The summed E-state index contributed by atoms with van der Waals surface area (Å²) in [5.74, 6) is -2.31. The zero-order valence-electron chi connectivity index (χ0n) is 13.6. The van der Waals surface area contributed by atoms with Crippen LogP contribution < -0.4 is 0 Å². The zero-order chi connectivity index (χ0) is 18.1. The number of halogens is 3. The van der Waals surface area contributed by atoms with Crippen molar-refractivity contribution in [3.8, 4) is 10.6 Å². The molecule has 0 amide bonds. The summed E-state index contributed by atoms with van der Waals surface area (Å²) in [6.45, 7) is 3.72. The Morgan fingerprint density at radius 3 is 2.52 bits per heavy atom. The summed E-state index contributed by atoms with van der Waals surface area (Å²) in [4.78, 5) is 17.5. The van der Waals surface area contributed by atoms with E-state index in [0.29, 0.717) is 20.6 Å². The summed E-state index contributed by atoms with van der Waals surface area (Å²) in [6.07, 6.45) is -0.106. The SMILES string of the molecule is Cc1ccc(Cl)c(-c2nc(C)c(CC(=O)c3c(F)cccc3F)s2)c1. The number of aryl methyl sites for hydroxylation is 2. The Morgan fingerprint density at radius 2 is 1.84 bits per heavy atom. The second-order valence-electron chi connectivity index (χ2n) is 5.71. The number of benzene rings is 2. The highest BCUT2D eigenvalue weighted by Crippen LogP contribution is 2.34. The molecule has 0 aliphatic heterocycles. The highest BCUT2D eigenvalue weighted by molar-refractivity contribution is 7.15. The Morgan fingerprint density at radius 1 is 1.16 bits per heavy atom. The van der Waals surface area contributed by atoms with Gasteiger partial charge >= 0.3 is 0 Å². The predicted molar refractivity (Wildman–Crippen MR) is 96.4 cm³/mol. The molecular weight excluding hydrogens is 364 g/mol. The molecule has 3 rings (SSSR count). The Balaban J connectivity index is 1.93. The summed E-state index contributed by atoms with van der Waals surface area (Å²) >= 11 is 7.54. The standard InChI is InChI=1S/C19H14ClF2NOS/c1-10-6-7-13(20)12(8-10)19-23-11(2)17(25-19)9-16(24)18-14(21)4-3-5-15(18)22/h3-8H,9H2,1-2H3. The Bertz CT molecular complexity index is 948. The molecule has 0 fully saturated rings. The largest absolute Gasteiger partial charge is 0.294 e. The van der Waals surface area contributed by atoms with Crippen LogP contribution in [0.1, 0.15) is 26.5 Å². The van der Waals surface area contributed by atoms with Gasteiger partial charge in [-0.3, -0.25) is 4.79 Å². The van der Waals surface area contributed by atoms with Crippen LogP contribution in [0.4, 0.5) is 8.78 Å². The molecule has 1 heterocycles. The zero-order valence-corrected chi connectivity index (χ0v) is 15.1.